The molecule has 2 N–H and O–H groups in total. The van der Waals surface area contributed by atoms with Gasteiger partial charge >= 0.3 is 0 Å². The molecule has 0 radical (unpaired) electrons. The first kappa shape index (κ1) is 13.0. The van der Waals surface area contributed by atoms with Gasteiger partial charge in [0.25, 0.3) is 0 Å². The SMILES string of the molecule is CCN(C(=O)CS(=O)c1ccncc1N)C1CC1. The van der Waals surface area contributed by atoms with Crippen molar-refractivity contribution >= 4 is 22.4 Å². The van der Waals surface area contributed by atoms with Gasteiger partial charge in [0.1, 0.15) is 5.75 Å². The summed E-state index contributed by atoms with van der Waals surface area (Å²) in [5.74, 6) is -0.0620. The summed E-state index contributed by atoms with van der Waals surface area (Å²) in [5.41, 5.74) is 6.07. The predicted molar refractivity (Wildman–Crippen MR) is 70.3 cm³/mol. The molecule has 1 aromatic heterocycles. The van der Waals surface area contributed by atoms with Gasteiger partial charge in [0.15, 0.2) is 0 Å². The van der Waals surface area contributed by atoms with E-state index in [0.717, 1.165) is 12.8 Å². The van der Waals surface area contributed by atoms with E-state index >= 15 is 0 Å². The van der Waals surface area contributed by atoms with Crippen LogP contribution in [-0.2, 0) is 15.6 Å². The Hall–Kier alpha value is -1.43. The van der Waals surface area contributed by atoms with Crippen molar-refractivity contribution in [1.29, 1.82) is 0 Å². The van der Waals surface area contributed by atoms with Crippen molar-refractivity contribution in [3.63, 3.8) is 0 Å². The second-order valence-electron chi connectivity index (χ2n) is 4.31. The van der Waals surface area contributed by atoms with Crippen molar-refractivity contribution < 1.29 is 9.00 Å². The molecule has 2 rings (SSSR count). The zero-order chi connectivity index (χ0) is 13.1. The first-order chi connectivity index (χ1) is 8.63. The smallest absolute Gasteiger partial charge is 0.235 e. The largest absolute Gasteiger partial charge is 0.396 e. The van der Waals surface area contributed by atoms with E-state index in [1.807, 2.05) is 6.92 Å². The molecule has 1 unspecified atom stereocenters. The summed E-state index contributed by atoms with van der Waals surface area (Å²) in [4.78, 5) is 18.2. The monoisotopic (exact) mass is 267 g/mol. The number of nitrogens with zero attached hydrogens (tertiary/aromatic N) is 2. The molecular weight excluding hydrogens is 250 g/mol. The van der Waals surface area contributed by atoms with Crippen molar-refractivity contribution in [2.45, 2.75) is 30.7 Å². The van der Waals surface area contributed by atoms with Crippen molar-refractivity contribution in [3.05, 3.63) is 18.5 Å². The van der Waals surface area contributed by atoms with E-state index in [0.29, 0.717) is 23.2 Å². The molecule has 6 heteroatoms. The maximum Gasteiger partial charge on any atom is 0.235 e. The molecule has 0 bridgehead atoms. The number of amides is 1. The van der Waals surface area contributed by atoms with Crippen LogP contribution < -0.4 is 5.73 Å². The topological polar surface area (TPSA) is 76.3 Å². The minimum absolute atomic E-state index is 0.00144. The first-order valence-corrected chi connectivity index (χ1v) is 7.32. The number of carbonyl (C=O) groups excluding carboxylic acids is 1. The van der Waals surface area contributed by atoms with Crippen LogP contribution in [0, 0.1) is 0 Å². The lowest BCUT2D eigenvalue weighted by Gasteiger charge is -2.20. The van der Waals surface area contributed by atoms with Crippen LogP contribution in [0.25, 0.3) is 0 Å². The highest BCUT2D eigenvalue weighted by atomic mass is 32.2. The Bertz CT molecular complexity index is 474. The minimum atomic E-state index is -1.39. The van der Waals surface area contributed by atoms with Crippen molar-refractivity contribution in [2.75, 3.05) is 18.0 Å². The van der Waals surface area contributed by atoms with Crippen molar-refractivity contribution in [1.82, 2.24) is 9.88 Å². The van der Waals surface area contributed by atoms with E-state index in [4.69, 9.17) is 5.73 Å². The molecule has 1 aliphatic carbocycles. The fourth-order valence-electron chi connectivity index (χ4n) is 1.90. The van der Waals surface area contributed by atoms with Gasteiger partial charge in [-0.05, 0) is 25.8 Å². The summed E-state index contributed by atoms with van der Waals surface area (Å²) < 4.78 is 12.1. The summed E-state index contributed by atoms with van der Waals surface area (Å²) in [5, 5.41) is 0. The van der Waals surface area contributed by atoms with Crippen LogP contribution in [0.4, 0.5) is 5.69 Å². The van der Waals surface area contributed by atoms with E-state index in [1.165, 1.54) is 12.4 Å². The second kappa shape index (κ2) is 5.48. The number of anilines is 1. The highest BCUT2D eigenvalue weighted by Gasteiger charge is 2.32. The summed E-state index contributed by atoms with van der Waals surface area (Å²) in [6.45, 7) is 2.62. The van der Waals surface area contributed by atoms with E-state index in [-0.39, 0.29) is 11.7 Å². The van der Waals surface area contributed by atoms with Gasteiger partial charge in [-0.3, -0.25) is 14.0 Å². The number of rotatable bonds is 5. The van der Waals surface area contributed by atoms with Gasteiger partial charge in [0.2, 0.25) is 5.91 Å². The molecule has 0 aromatic carbocycles. The second-order valence-corrected chi connectivity index (χ2v) is 5.73. The molecule has 1 amide bonds. The maximum atomic E-state index is 12.1. The van der Waals surface area contributed by atoms with Crippen LogP contribution in [0.3, 0.4) is 0 Å². The van der Waals surface area contributed by atoms with Crippen LogP contribution in [0.2, 0.25) is 0 Å². The Morgan fingerprint density at radius 2 is 2.33 bits per heavy atom. The lowest BCUT2D eigenvalue weighted by atomic mass is 10.4. The van der Waals surface area contributed by atoms with Gasteiger partial charge in [-0.2, -0.15) is 0 Å². The summed E-state index contributed by atoms with van der Waals surface area (Å²) in [6, 6.07) is 1.96. The number of hydrogen-bond acceptors (Lipinski definition) is 4. The molecule has 0 saturated heterocycles. The van der Waals surface area contributed by atoms with Gasteiger partial charge < -0.3 is 10.6 Å². The van der Waals surface area contributed by atoms with Gasteiger partial charge in [0, 0.05) is 18.8 Å². The number of carbonyl (C=O) groups is 1. The van der Waals surface area contributed by atoms with Crippen molar-refractivity contribution in [2.24, 2.45) is 0 Å². The number of nitrogen functional groups attached to an aromatic ring is 1. The third-order valence-electron chi connectivity index (χ3n) is 2.96. The third-order valence-corrected chi connectivity index (χ3v) is 4.33. The van der Waals surface area contributed by atoms with Gasteiger partial charge in [-0.1, -0.05) is 0 Å². The van der Waals surface area contributed by atoms with Gasteiger partial charge in [-0.15, -0.1) is 0 Å². The number of hydrogen-bond donors (Lipinski definition) is 1. The quantitative estimate of drug-likeness (QED) is 0.855. The van der Waals surface area contributed by atoms with Gasteiger partial charge in [0.05, 0.1) is 27.6 Å². The average Bonchev–Trinajstić information content (AvgIpc) is 3.15. The molecule has 1 aromatic rings. The number of aromatic nitrogens is 1. The molecule has 98 valence electrons. The van der Waals surface area contributed by atoms with E-state index in [9.17, 15) is 9.00 Å². The molecule has 18 heavy (non-hydrogen) atoms. The van der Waals surface area contributed by atoms with Crippen LogP contribution >= 0.6 is 0 Å². The lowest BCUT2D eigenvalue weighted by Crippen LogP contribution is -2.36. The maximum absolute atomic E-state index is 12.1. The summed E-state index contributed by atoms with van der Waals surface area (Å²) >= 11 is 0. The molecule has 1 heterocycles. The molecule has 1 atom stereocenters. The van der Waals surface area contributed by atoms with E-state index in [1.54, 1.807) is 11.0 Å². The number of pyridine rings is 1. The van der Waals surface area contributed by atoms with E-state index in [2.05, 4.69) is 4.98 Å². The molecule has 0 aliphatic heterocycles. The third kappa shape index (κ3) is 2.87. The van der Waals surface area contributed by atoms with Crippen LogP contribution in [0.1, 0.15) is 19.8 Å². The van der Waals surface area contributed by atoms with E-state index < -0.39 is 10.8 Å². The Kier molecular flexibility index (Phi) is 3.96. The molecular formula is C12H17N3O2S. The van der Waals surface area contributed by atoms with Crippen LogP contribution in [-0.4, -0.2) is 38.3 Å². The Balaban J connectivity index is 2.03. The molecule has 1 aliphatic rings. The Morgan fingerprint density at radius 3 is 2.89 bits per heavy atom. The molecule has 1 saturated carbocycles. The number of nitrogens with two attached hydrogens (primary N) is 1. The average molecular weight is 267 g/mol. The fourth-order valence-corrected chi connectivity index (χ4v) is 2.97. The Labute approximate surface area is 109 Å². The Morgan fingerprint density at radius 1 is 1.61 bits per heavy atom. The first-order valence-electron chi connectivity index (χ1n) is 6.00. The lowest BCUT2D eigenvalue weighted by molar-refractivity contribution is -0.128. The van der Waals surface area contributed by atoms with Crippen LogP contribution in [0.5, 0.6) is 0 Å². The molecule has 0 spiro atoms. The predicted octanol–water partition coefficient (Wildman–Crippen LogP) is 0.782. The highest BCUT2D eigenvalue weighted by molar-refractivity contribution is 7.86. The fraction of sp³-hybridized carbons (Fsp3) is 0.500. The summed E-state index contributed by atoms with van der Waals surface area (Å²) in [6.07, 6.45) is 5.11. The molecule has 5 nitrogen and oxygen atoms in total. The van der Waals surface area contributed by atoms with Crippen molar-refractivity contribution in [3.8, 4) is 0 Å². The van der Waals surface area contributed by atoms with Crippen LogP contribution in [0.15, 0.2) is 23.4 Å². The minimum Gasteiger partial charge on any atom is -0.396 e. The highest BCUT2D eigenvalue weighted by Crippen LogP contribution is 2.27. The standard InChI is InChI=1S/C12H17N3O2S/c1-2-15(9-3-4-9)12(16)8-18(17)11-5-6-14-7-10(11)13/h5-7,9H,2-4,8,13H2,1H3. The zero-order valence-corrected chi connectivity index (χ0v) is 11.2. The zero-order valence-electron chi connectivity index (χ0n) is 10.3. The van der Waals surface area contributed by atoms with Gasteiger partial charge in [-0.25, -0.2) is 0 Å². The summed E-state index contributed by atoms with van der Waals surface area (Å²) in [7, 11) is -1.39. The molecule has 1 fully saturated rings. The normalized spacial score (nSPS) is 16.3.